The van der Waals surface area contributed by atoms with Gasteiger partial charge in [-0.3, -0.25) is 0 Å². The Morgan fingerprint density at radius 1 is 0.906 bits per heavy atom. The van der Waals surface area contributed by atoms with E-state index in [1.165, 1.54) is 24.3 Å². The molecule has 8 N–H and O–H groups in total. The summed E-state index contributed by atoms with van der Waals surface area (Å²) in [5, 5.41) is 79.7. The third-order valence-corrected chi connectivity index (χ3v) is 5.59. The van der Waals surface area contributed by atoms with Gasteiger partial charge in [0, 0.05) is 24.1 Å². The lowest BCUT2D eigenvalue weighted by molar-refractivity contribution is -0.277. The first-order chi connectivity index (χ1) is 15.2. The summed E-state index contributed by atoms with van der Waals surface area (Å²) in [5.41, 5.74) is 0.700. The van der Waals surface area contributed by atoms with Crippen molar-refractivity contribution in [3.8, 4) is 28.7 Å². The SMILES string of the molecule is OCC1OC(Oc2cc(C3Oc4cc(O)cc(O)c4CC3O)ccc2O)C(O)C(O)C1O. The van der Waals surface area contributed by atoms with Gasteiger partial charge in [-0.15, -0.1) is 0 Å². The molecule has 2 aromatic rings. The van der Waals surface area contributed by atoms with E-state index in [0.717, 1.165) is 6.07 Å². The van der Waals surface area contributed by atoms with Crippen LogP contribution in [-0.2, 0) is 11.2 Å². The molecule has 0 saturated carbocycles. The number of phenolic OH excluding ortho intramolecular Hbond substituents is 3. The van der Waals surface area contributed by atoms with E-state index >= 15 is 0 Å². The number of aliphatic hydroxyl groups is 5. The summed E-state index contributed by atoms with van der Waals surface area (Å²) in [6, 6.07) is 6.51. The number of aromatic hydroxyl groups is 3. The van der Waals surface area contributed by atoms with E-state index in [2.05, 4.69) is 0 Å². The van der Waals surface area contributed by atoms with Crippen LogP contribution in [0.3, 0.4) is 0 Å². The number of rotatable bonds is 4. The van der Waals surface area contributed by atoms with Gasteiger partial charge in [0.15, 0.2) is 11.5 Å². The molecule has 0 radical (unpaired) electrons. The van der Waals surface area contributed by atoms with Gasteiger partial charge in [0.05, 0.1) is 12.7 Å². The second-order valence-corrected chi connectivity index (χ2v) is 7.79. The third-order valence-electron chi connectivity index (χ3n) is 5.59. The van der Waals surface area contributed by atoms with Gasteiger partial charge in [0.1, 0.15) is 47.8 Å². The van der Waals surface area contributed by atoms with Crippen LogP contribution in [0.15, 0.2) is 30.3 Å². The summed E-state index contributed by atoms with van der Waals surface area (Å²) in [6.07, 6.45) is -9.59. The maximum atomic E-state index is 10.6. The number of hydrogen-bond acceptors (Lipinski definition) is 11. The molecule has 2 aliphatic heterocycles. The summed E-state index contributed by atoms with van der Waals surface area (Å²) >= 11 is 0. The summed E-state index contributed by atoms with van der Waals surface area (Å²) in [6.45, 7) is -0.641. The van der Waals surface area contributed by atoms with Gasteiger partial charge in [-0.1, -0.05) is 6.07 Å². The molecule has 1 fully saturated rings. The topological polar surface area (TPSA) is 190 Å². The second-order valence-electron chi connectivity index (χ2n) is 7.79. The summed E-state index contributed by atoms with van der Waals surface area (Å²) in [5.74, 6) is -0.759. The average Bonchev–Trinajstić information content (AvgIpc) is 2.75. The monoisotopic (exact) mass is 452 g/mol. The Labute approximate surface area is 181 Å². The fourth-order valence-corrected chi connectivity index (χ4v) is 3.84. The van der Waals surface area contributed by atoms with Crippen LogP contribution in [0.1, 0.15) is 17.2 Å². The quantitative estimate of drug-likeness (QED) is 0.285. The molecule has 7 atom stereocenters. The highest BCUT2D eigenvalue weighted by Crippen LogP contribution is 2.43. The van der Waals surface area contributed by atoms with Gasteiger partial charge < -0.3 is 55.1 Å². The zero-order valence-electron chi connectivity index (χ0n) is 16.6. The predicted octanol–water partition coefficient (Wildman–Crippen LogP) is -0.981. The van der Waals surface area contributed by atoms with E-state index in [0.29, 0.717) is 11.1 Å². The van der Waals surface area contributed by atoms with Crippen molar-refractivity contribution < 1.29 is 55.1 Å². The number of aliphatic hydroxyl groups excluding tert-OH is 5. The van der Waals surface area contributed by atoms with Gasteiger partial charge in [0.25, 0.3) is 0 Å². The van der Waals surface area contributed by atoms with Crippen LogP contribution < -0.4 is 9.47 Å². The number of fused-ring (bicyclic) bond motifs is 1. The second kappa shape index (κ2) is 8.62. The van der Waals surface area contributed by atoms with Gasteiger partial charge in [-0.2, -0.15) is 0 Å². The summed E-state index contributed by atoms with van der Waals surface area (Å²) in [7, 11) is 0. The Morgan fingerprint density at radius 2 is 1.66 bits per heavy atom. The lowest BCUT2D eigenvalue weighted by Gasteiger charge is -2.39. The molecule has 0 amide bonds. The third kappa shape index (κ3) is 4.01. The molecule has 4 rings (SSSR count). The molecule has 11 nitrogen and oxygen atoms in total. The first-order valence-corrected chi connectivity index (χ1v) is 9.89. The van der Waals surface area contributed by atoms with Crippen molar-refractivity contribution in [2.45, 2.75) is 49.3 Å². The molecule has 32 heavy (non-hydrogen) atoms. The predicted molar refractivity (Wildman–Crippen MR) is 105 cm³/mol. The molecular formula is C21H24O11. The minimum atomic E-state index is -1.68. The van der Waals surface area contributed by atoms with Crippen molar-refractivity contribution in [3.05, 3.63) is 41.5 Å². The fraction of sp³-hybridized carbons (Fsp3) is 0.429. The number of benzene rings is 2. The molecule has 0 aromatic heterocycles. The Bertz CT molecular complexity index is 978. The maximum absolute atomic E-state index is 10.6. The molecule has 0 bridgehead atoms. The lowest BCUT2D eigenvalue weighted by Crippen LogP contribution is -2.60. The molecule has 2 aromatic carbocycles. The van der Waals surface area contributed by atoms with Crippen LogP contribution in [0, 0.1) is 0 Å². The van der Waals surface area contributed by atoms with Crippen molar-refractivity contribution in [3.63, 3.8) is 0 Å². The smallest absolute Gasteiger partial charge is 0.229 e. The molecule has 2 aliphatic rings. The zero-order valence-corrected chi connectivity index (χ0v) is 16.6. The maximum Gasteiger partial charge on any atom is 0.229 e. The standard InChI is InChI=1S/C21H24O11/c22-7-16-17(27)18(28)19(29)21(32-16)31-15-3-8(1-2-11(15)24)20-13(26)6-10-12(25)4-9(23)5-14(10)30-20/h1-5,13,16-29H,6-7H2. The normalized spacial score (nSPS) is 32.1. The molecule has 11 heteroatoms. The minimum Gasteiger partial charge on any atom is -0.508 e. The molecule has 0 aliphatic carbocycles. The van der Waals surface area contributed by atoms with E-state index in [9.17, 15) is 40.9 Å². The molecule has 2 heterocycles. The van der Waals surface area contributed by atoms with Crippen LogP contribution in [0.5, 0.6) is 28.7 Å². The van der Waals surface area contributed by atoms with Crippen LogP contribution in [-0.4, -0.2) is 84.3 Å². The molecular weight excluding hydrogens is 428 g/mol. The number of phenols is 3. The Balaban J connectivity index is 1.59. The number of hydrogen-bond donors (Lipinski definition) is 8. The highest BCUT2D eigenvalue weighted by atomic mass is 16.7. The zero-order chi connectivity index (χ0) is 23.2. The molecule has 7 unspecified atom stereocenters. The Hall–Kier alpha value is -2.80. The molecule has 1 saturated heterocycles. The summed E-state index contributed by atoms with van der Waals surface area (Å²) in [4.78, 5) is 0. The van der Waals surface area contributed by atoms with Crippen molar-refractivity contribution in [2.75, 3.05) is 6.61 Å². The van der Waals surface area contributed by atoms with Crippen molar-refractivity contribution >= 4 is 0 Å². The minimum absolute atomic E-state index is 0.0376. The Morgan fingerprint density at radius 3 is 2.38 bits per heavy atom. The van der Waals surface area contributed by atoms with Gasteiger partial charge in [-0.25, -0.2) is 0 Å². The van der Waals surface area contributed by atoms with Crippen molar-refractivity contribution in [1.29, 1.82) is 0 Å². The van der Waals surface area contributed by atoms with Crippen molar-refractivity contribution in [1.82, 2.24) is 0 Å². The average molecular weight is 452 g/mol. The summed E-state index contributed by atoms with van der Waals surface area (Å²) < 4.78 is 16.6. The number of ether oxygens (including phenoxy) is 3. The van der Waals surface area contributed by atoms with Crippen molar-refractivity contribution in [2.24, 2.45) is 0 Å². The van der Waals surface area contributed by atoms with Crippen LogP contribution in [0.25, 0.3) is 0 Å². The molecule has 0 spiro atoms. The van der Waals surface area contributed by atoms with Crippen LogP contribution >= 0.6 is 0 Å². The van der Waals surface area contributed by atoms with Crippen LogP contribution in [0.4, 0.5) is 0 Å². The highest BCUT2D eigenvalue weighted by Gasteiger charge is 2.45. The first kappa shape index (κ1) is 22.4. The van der Waals surface area contributed by atoms with Gasteiger partial charge in [-0.05, 0) is 17.7 Å². The van der Waals surface area contributed by atoms with Gasteiger partial charge in [0.2, 0.25) is 6.29 Å². The highest BCUT2D eigenvalue weighted by molar-refractivity contribution is 5.52. The first-order valence-electron chi connectivity index (χ1n) is 9.89. The fourth-order valence-electron chi connectivity index (χ4n) is 3.84. The van der Waals surface area contributed by atoms with Gasteiger partial charge >= 0.3 is 0 Å². The van der Waals surface area contributed by atoms with E-state index in [1.807, 2.05) is 0 Å². The van der Waals surface area contributed by atoms with E-state index in [4.69, 9.17) is 14.2 Å². The van der Waals surface area contributed by atoms with E-state index < -0.39 is 49.5 Å². The Kier molecular flexibility index (Phi) is 6.03. The largest absolute Gasteiger partial charge is 0.508 e. The molecule has 174 valence electrons. The van der Waals surface area contributed by atoms with E-state index in [-0.39, 0.29) is 35.2 Å². The van der Waals surface area contributed by atoms with E-state index in [1.54, 1.807) is 0 Å². The lowest BCUT2D eigenvalue weighted by atomic mass is 9.94. The van der Waals surface area contributed by atoms with Crippen LogP contribution in [0.2, 0.25) is 0 Å².